The standard InChI is InChI=1S/C16H15N3O2S/c1-9-4-6-10(7-5-9)14-12(16(20)21-2)13(18)11(8-17)15(19-14)22-3/h4-7H,1-3H3,(H2,18,19). The van der Waals surface area contributed by atoms with Crippen molar-refractivity contribution < 1.29 is 9.53 Å². The number of carbonyl (C=O) groups excluding carboxylic acids is 1. The fourth-order valence-electron chi connectivity index (χ4n) is 2.07. The summed E-state index contributed by atoms with van der Waals surface area (Å²) in [6.45, 7) is 1.97. The van der Waals surface area contributed by atoms with Gasteiger partial charge in [0.1, 0.15) is 22.2 Å². The number of esters is 1. The third-order valence-electron chi connectivity index (χ3n) is 3.22. The van der Waals surface area contributed by atoms with Gasteiger partial charge in [-0.1, -0.05) is 29.8 Å². The minimum Gasteiger partial charge on any atom is -0.465 e. The van der Waals surface area contributed by atoms with E-state index in [1.165, 1.54) is 18.9 Å². The summed E-state index contributed by atoms with van der Waals surface area (Å²) < 4.78 is 4.80. The van der Waals surface area contributed by atoms with Gasteiger partial charge in [0.05, 0.1) is 18.5 Å². The first kappa shape index (κ1) is 15.9. The van der Waals surface area contributed by atoms with Gasteiger partial charge in [-0.15, -0.1) is 11.8 Å². The normalized spacial score (nSPS) is 10.1. The summed E-state index contributed by atoms with van der Waals surface area (Å²) in [5.41, 5.74) is 8.73. The summed E-state index contributed by atoms with van der Waals surface area (Å²) in [6.07, 6.45) is 1.80. The molecule has 0 atom stereocenters. The molecule has 2 rings (SSSR count). The highest BCUT2D eigenvalue weighted by atomic mass is 32.2. The Balaban J connectivity index is 2.81. The smallest absolute Gasteiger partial charge is 0.342 e. The monoisotopic (exact) mass is 313 g/mol. The first-order valence-electron chi connectivity index (χ1n) is 6.46. The molecular weight excluding hydrogens is 298 g/mol. The first-order chi connectivity index (χ1) is 10.5. The number of aromatic nitrogens is 1. The molecule has 22 heavy (non-hydrogen) atoms. The van der Waals surface area contributed by atoms with Gasteiger partial charge in [-0.3, -0.25) is 0 Å². The lowest BCUT2D eigenvalue weighted by Crippen LogP contribution is -2.12. The first-order valence-corrected chi connectivity index (χ1v) is 7.68. The number of anilines is 1. The number of hydrogen-bond donors (Lipinski definition) is 1. The lowest BCUT2D eigenvalue weighted by atomic mass is 10.0. The van der Waals surface area contributed by atoms with E-state index in [9.17, 15) is 10.1 Å². The van der Waals surface area contributed by atoms with Gasteiger partial charge >= 0.3 is 5.97 Å². The number of pyridine rings is 1. The molecule has 1 aromatic heterocycles. The number of methoxy groups -OCH3 is 1. The number of thioether (sulfide) groups is 1. The Bertz CT molecular complexity index is 764. The predicted octanol–water partition coefficient (Wildman–Crippen LogP) is 3.02. The van der Waals surface area contributed by atoms with Crippen molar-refractivity contribution in [3.05, 3.63) is 41.0 Å². The number of benzene rings is 1. The molecule has 0 fully saturated rings. The molecular formula is C16H15N3O2S. The van der Waals surface area contributed by atoms with Crippen LogP contribution in [0, 0.1) is 18.3 Å². The van der Waals surface area contributed by atoms with Gasteiger partial charge in [-0.05, 0) is 13.2 Å². The molecule has 0 unspecified atom stereocenters. The summed E-state index contributed by atoms with van der Waals surface area (Å²) in [5, 5.41) is 9.76. The number of nitrogen functional groups attached to an aromatic ring is 1. The minimum atomic E-state index is -0.607. The maximum atomic E-state index is 12.1. The van der Waals surface area contributed by atoms with Gasteiger partial charge in [-0.25, -0.2) is 9.78 Å². The summed E-state index contributed by atoms with van der Waals surface area (Å²) in [6, 6.07) is 9.57. The average molecular weight is 313 g/mol. The van der Waals surface area contributed by atoms with Crippen LogP contribution in [-0.2, 0) is 4.74 Å². The van der Waals surface area contributed by atoms with E-state index in [1.54, 1.807) is 6.26 Å². The molecule has 0 saturated carbocycles. The fraction of sp³-hybridized carbons (Fsp3) is 0.188. The molecule has 1 aromatic carbocycles. The number of carbonyl (C=O) groups is 1. The molecule has 2 aromatic rings. The van der Waals surface area contributed by atoms with E-state index in [-0.39, 0.29) is 16.8 Å². The van der Waals surface area contributed by atoms with Crippen LogP contribution in [0.3, 0.4) is 0 Å². The van der Waals surface area contributed by atoms with Crippen LogP contribution in [-0.4, -0.2) is 24.3 Å². The minimum absolute atomic E-state index is 0.101. The second kappa shape index (κ2) is 6.50. The summed E-state index contributed by atoms with van der Waals surface area (Å²) >= 11 is 1.31. The predicted molar refractivity (Wildman–Crippen MR) is 86.7 cm³/mol. The molecule has 1 heterocycles. The second-order valence-electron chi connectivity index (χ2n) is 4.60. The van der Waals surface area contributed by atoms with Crippen LogP contribution in [0.5, 0.6) is 0 Å². The van der Waals surface area contributed by atoms with Crippen LogP contribution < -0.4 is 5.73 Å². The Morgan fingerprint density at radius 1 is 1.36 bits per heavy atom. The van der Waals surface area contributed by atoms with Crippen molar-refractivity contribution in [1.82, 2.24) is 4.98 Å². The molecule has 0 spiro atoms. The number of aryl methyl sites for hydroxylation is 1. The van der Waals surface area contributed by atoms with Crippen LogP contribution in [0.25, 0.3) is 11.3 Å². The maximum absolute atomic E-state index is 12.1. The van der Waals surface area contributed by atoms with Crippen LogP contribution in [0.1, 0.15) is 21.5 Å². The second-order valence-corrected chi connectivity index (χ2v) is 5.40. The van der Waals surface area contributed by atoms with Gasteiger partial charge in [0.15, 0.2) is 0 Å². The third kappa shape index (κ3) is 2.76. The van der Waals surface area contributed by atoms with Crippen molar-refractivity contribution in [3.63, 3.8) is 0 Å². The Kier molecular flexibility index (Phi) is 4.68. The van der Waals surface area contributed by atoms with Crippen molar-refractivity contribution in [1.29, 1.82) is 5.26 Å². The summed E-state index contributed by atoms with van der Waals surface area (Å²) in [5.74, 6) is -0.607. The number of nitrogens with zero attached hydrogens (tertiary/aromatic N) is 2. The molecule has 0 bridgehead atoms. The Morgan fingerprint density at radius 2 is 2.00 bits per heavy atom. The van der Waals surface area contributed by atoms with Gasteiger partial charge in [0.2, 0.25) is 0 Å². The molecule has 0 saturated heterocycles. The molecule has 2 N–H and O–H groups in total. The van der Waals surface area contributed by atoms with E-state index >= 15 is 0 Å². The van der Waals surface area contributed by atoms with Crippen molar-refractivity contribution in [2.24, 2.45) is 0 Å². The summed E-state index contributed by atoms with van der Waals surface area (Å²) in [7, 11) is 1.27. The largest absolute Gasteiger partial charge is 0.465 e. The van der Waals surface area contributed by atoms with E-state index in [4.69, 9.17) is 10.5 Å². The van der Waals surface area contributed by atoms with Crippen molar-refractivity contribution in [2.75, 3.05) is 19.1 Å². The molecule has 0 aliphatic rings. The zero-order valence-corrected chi connectivity index (χ0v) is 13.3. The SMILES string of the molecule is COC(=O)c1c(-c2ccc(C)cc2)nc(SC)c(C#N)c1N. The summed E-state index contributed by atoms with van der Waals surface area (Å²) in [4.78, 5) is 16.6. The Hall–Kier alpha value is -2.52. The van der Waals surface area contributed by atoms with Crippen molar-refractivity contribution in [3.8, 4) is 17.3 Å². The quantitative estimate of drug-likeness (QED) is 0.692. The number of hydrogen-bond acceptors (Lipinski definition) is 6. The number of rotatable bonds is 3. The van der Waals surface area contributed by atoms with Crippen LogP contribution in [0.2, 0.25) is 0 Å². The molecule has 5 nitrogen and oxygen atoms in total. The van der Waals surface area contributed by atoms with Gasteiger partial charge in [0, 0.05) is 5.56 Å². The highest BCUT2D eigenvalue weighted by Gasteiger charge is 2.24. The Labute approximate surface area is 133 Å². The molecule has 0 amide bonds. The van der Waals surface area contributed by atoms with Crippen LogP contribution >= 0.6 is 11.8 Å². The molecule has 0 radical (unpaired) electrons. The van der Waals surface area contributed by atoms with E-state index < -0.39 is 5.97 Å². The lowest BCUT2D eigenvalue weighted by molar-refractivity contribution is 0.0602. The van der Waals surface area contributed by atoms with Crippen molar-refractivity contribution in [2.45, 2.75) is 11.9 Å². The van der Waals surface area contributed by atoms with E-state index in [0.29, 0.717) is 10.7 Å². The highest BCUT2D eigenvalue weighted by Crippen LogP contribution is 2.34. The van der Waals surface area contributed by atoms with E-state index in [0.717, 1.165) is 11.1 Å². The molecule has 0 aliphatic heterocycles. The highest BCUT2D eigenvalue weighted by molar-refractivity contribution is 7.98. The van der Waals surface area contributed by atoms with Crippen LogP contribution in [0.15, 0.2) is 29.3 Å². The lowest BCUT2D eigenvalue weighted by Gasteiger charge is -2.14. The average Bonchev–Trinajstić information content (AvgIpc) is 2.53. The van der Waals surface area contributed by atoms with Crippen LogP contribution in [0.4, 0.5) is 5.69 Å². The zero-order chi connectivity index (χ0) is 16.3. The van der Waals surface area contributed by atoms with Gasteiger partial charge in [-0.2, -0.15) is 5.26 Å². The zero-order valence-electron chi connectivity index (χ0n) is 12.5. The maximum Gasteiger partial charge on any atom is 0.342 e. The Morgan fingerprint density at radius 3 is 2.50 bits per heavy atom. The molecule has 0 aliphatic carbocycles. The molecule has 112 valence electrons. The molecule has 6 heteroatoms. The van der Waals surface area contributed by atoms with E-state index in [1.807, 2.05) is 37.3 Å². The van der Waals surface area contributed by atoms with Gasteiger partial charge < -0.3 is 10.5 Å². The number of nitriles is 1. The van der Waals surface area contributed by atoms with Crippen molar-refractivity contribution >= 4 is 23.4 Å². The number of ether oxygens (including phenoxy) is 1. The van der Waals surface area contributed by atoms with E-state index in [2.05, 4.69) is 4.98 Å². The number of nitrogens with two attached hydrogens (primary N) is 1. The fourth-order valence-corrected chi connectivity index (χ4v) is 2.61. The topological polar surface area (TPSA) is 89.0 Å². The third-order valence-corrected chi connectivity index (χ3v) is 3.90. The van der Waals surface area contributed by atoms with Gasteiger partial charge in [0.25, 0.3) is 0 Å².